The van der Waals surface area contributed by atoms with E-state index in [0.717, 1.165) is 31.9 Å². The number of hydrogen-bond donors (Lipinski definition) is 1. The van der Waals surface area contributed by atoms with E-state index in [1.165, 1.54) is 0 Å². The van der Waals surface area contributed by atoms with E-state index < -0.39 is 0 Å². The van der Waals surface area contributed by atoms with Crippen molar-refractivity contribution >= 4 is 27.0 Å². The van der Waals surface area contributed by atoms with E-state index in [1.807, 2.05) is 6.07 Å². The zero-order valence-corrected chi connectivity index (χ0v) is 10.0. The molecule has 1 saturated heterocycles. The maximum atomic E-state index is 7.43. The van der Waals surface area contributed by atoms with Crippen LogP contribution >= 0.6 is 21.0 Å². The van der Waals surface area contributed by atoms with Crippen LogP contribution in [0.25, 0.3) is 0 Å². The Kier molecular flexibility index (Phi) is 3.39. The van der Waals surface area contributed by atoms with Gasteiger partial charge < -0.3 is 4.90 Å². The molecule has 1 aromatic heterocycles. The minimum atomic E-state index is -0.321. The normalized spacial score (nSPS) is 18.4. The summed E-state index contributed by atoms with van der Waals surface area (Å²) < 4.78 is 8.12. The lowest BCUT2D eigenvalue weighted by Crippen LogP contribution is -2.35. The maximum Gasteiger partial charge on any atom is 0.225 e. The largest absolute Gasteiger partial charge is 0.341 e. The van der Waals surface area contributed by atoms with Crippen molar-refractivity contribution in [3.8, 4) is 0 Å². The fraction of sp³-hybridized carbons (Fsp3) is 0.556. The van der Waals surface area contributed by atoms with Crippen LogP contribution in [0.2, 0.25) is 0 Å². The summed E-state index contributed by atoms with van der Waals surface area (Å²) in [6.45, 7) is 2.04. The summed E-state index contributed by atoms with van der Waals surface area (Å²) in [4.78, 5) is 10.7. The first-order chi connectivity index (χ1) is 6.90. The fourth-order valence-corrected chi connectivity index (χ4v) is 2.79. The Morgan fingerprint density at radius 3 is 2.50 bits per heavy atom. The van der Waals surface area contributed by atoms with Crippen LogP contribution in [-0.2, 0) is 0 Å². The van der Waals surface area contributed by atoms with Gasteiger partial charge in [0.15, 0.2) is 0 Å². The van der Waals surface area contributed by atoms with Gasteiger partial charge in [-0.1, -0.05) is 0 Å². The second kappa shape index (κ2) is 4.77. The van der Waals surface area contributed by atoms with E-state index in [2.05, 4.69) is 14.9 Å². The molecule has 0 atom stereocenters. The van der Waals surface area contributed by atoms with Crippen molar-refractivity contribution in [3.63, 3.8) is 0 Å². The first-order valence-electron chi connectivity index (χ1n) is 4.71. The van der Waals surface area contributed by atoms with Crippen molar-refractivity contribution in [2.24, 2.45) is 0 Å². The molecule has 14 heavy (non-hydrogen) atoms. The highest BCUT2D eigenvalue weighted by Gasteiger charge is 2.19. The van der Waals surface area contributed by atoms with Gasteiger partial charge >= 0.3 is 0 Å². The molecule has 0 spiro atoms. The lowest BCUT2D eigenvalue weighted by atomic mass is 10.1. The number of nitrogens with one attached hydrogen (secondary N) is 1. The van der Waals surface area contributed by atoms with E-state index >= 15 is 0 Å². The smallest absolute Gasteiger partial charge is 0.225 e. The van der Waals surface area contributed by atoms with Crippen LogP contribution in [0.5, 0.6) is 0 Å². The van der Waals surface area contributed by atoms with Gasteiger partial charge in [-0.15, -0.1) is 0 Å². The molecule has 2 heterocycles. The summed E-state index contributed by atoms with van der Waals surface area (Å²) in [5.74, 6) is 0.842. The van der Waals surface area contributed by atoms with Gasteiger partial charge in [0.1, 0.15) is 0 Å². The topological polar surface area (TPSA) is 52.9 Å². The van der Waals surface area contributed by atoms with Crippen LogP contribution in [0.1, 0.15) is 12.8 Å². The van der Waals surface area contributed by atoms with Crippen molar-refractivity contribution in [3.05, 3.63) is 18.5 Å². The van der Waals surface area contributed by atoms with Gasteiger partial charge in [0.2, 0.25) is 5.95 Å². The molecule has 1 aliphatic rings. The van der Waals surface area contributed by atoms with Crippen LogP contribution in [0.15, 0.2) is 18.5 Å². The highest BCUT2D eigenvalue weighted by molar-refractivity contribution is 14.1. The fourth-order valence-electron chi connectivity index (χ4n) is 1.61. The van der Waals surface area contributed by atoms with Gasteiger partial charge in [0, 0.05) is 29.4 Å². The van der Waals surface area contributed by atoms with E-state index in [9.17, 15) is 0 Å². The molecule has 0 aromatic carbocycles. The van der Waals surface area contributed by atoms with Crippen molar-refractivity contribution in [2.75, 3.05) is 18.0 Å². The molecule has 0 amide bonds. The van der Waals surface area contributed by atoms with Gasteiger partial charge in [0.05, 0.1) is 0 Å². The summed E-state index contributed by atoms with van der Waals surface area (Å²) in [5, 5.41) is 0. The molecular weight excluding hydrogens is 291 g/mol. The van der Waals surface area contributed by atoms with Crippen molar-refractivity contribution in [1.82, 2.24) is 9.97 Å². The predicted octanol–water partition coefficient (Wildman–Crippen LogP) is 2.18. The molecule has 0 radical (unpaired) electrons. The quantitative estimate of drug-likeness (QED) is 0.673. The number of anilines is 1. The standard InChI is InChI=1S/C9H13IN4/c11-10-8-2-6-14(7-3-8)9-12-4-1-5-13-9/h1,4-5,8,11H,2-3,6-7H2. The Hall–Kier alpha value is -0.590. The highest BCUT2D eigenvalue weighted by atomic mass is 127. The number of rotatable bonds is 2. The van der Waals surface area contributed by atoms with E-state index in [0.29, 0.717) is 3.92 Å². The lowest BCUT2D eigenvalue weighted by molar-refractivity contribution is 0.593. The first-order valence-corrected chi connectivity index (χ1v) is 7.03. The number of alkyl halides is 1. The number of nitrogens with zero attached hydrogens (tertiary/aromatic N) is 3. The van der Waals surface area contributed by atoms with E-state index in [1.54, 1.807) is 12.4 Å². The molecule has 2 rings (SSSR count). The summed E-state index contributed by atoms with van der Waals surface area (Å²) in [7, 11) is 0. The zero-order chi connectivity index (χ0) is 9.80. The molecule has 0 bridgehead atoms. The van der Waals surface area contributed by atoms with Gasteiger partial charge in [0.25, 0.3) is 0 Å². The van der Waals surface area contributed by atoms with Crippen molar-refractivity contribution in [1.29, 1.82) is 3.56 Å². The lowest BCUT2D eigenvalue weighted by Gasteiger charge is -2.29. The number of halogens is 1. The van der Waals surface area contributed by atoms with E-state index in [-0.39, 0.29) is 21.0 Å². The van der Waals surface area contributed by atoms with Crippen LogP contribution in [-0.4, -0.2) is 27.0 Å². The Bertz CT molecular complexity index is 295. The minimum absolute atomic E-state index is 0.321. The van der Waals surface area contributed by atoms with E-state index in [4.69, 9.17) is 3.56 Å². The average Bonchev–Trinajstić information content (AvgIpc) is 2.30. The molecule has 0 unspecified atom stereocenters. The summed E-state index contributed by atoms with van der Waals surface area (Å²) in [5.41, 5.74) is 0. The molecule has 1 fully saturated rings. The SMILES string of the molecule is N=IC1CCN(c2ncccn2)CC1. The summed E-state index contributed by atoms with van der Waals surface area (Å²) in [6, 6.07) is 1.84. The molecule has 0 saturated carbocycles. The minimum Gasteiger partial charge on any atom is -0.341 e. The van der Waals surface area contributed by atoms with Crippen LogP contribution < -0.4 is 4.90 Å². The molecule has 0 aliphatic carbocycles. The number of piperidine rings is 1. The number of hydrogen-bond acceptors (Lipinski definition) is 4. The highest BCUT2D eigenvalue weighted by Crippen LogP contribution is 2.23. The maximum absolute atomic E-state index is 7.43. The molecule has 76 valence electrons. The molecule has 1 aliphatic heterocycles. The van der Waals surface area contributed by atoms with Crippen molar-refractivity contribution in [2.45, 2.75) is 16.8 Å². The third kappa shape index (κ3) is 2.26. The Balaban J connectivity index is 1.99. The zero-order valence-electron chi connectivity index (χ0n) is 7.86. The molecule has 5 heteroatoms. The Morgan fingerprint density at radius 2 is 1.93 bits per heavy atom. The van der Waals surface area contributed by atoms with Crippen LogP contribution in [0.3, 0.4) is 0 Å². The average molecular weight is 304 g/mol. The summed E-state index contributed by atoms with van der Waals surface area (Å²) >= 11 is -0.321. The van der Waals surface area contributed by atoms with Crippen LogP contribution in [0.4, 0.5) is 5.95 Å². The van der Waals surface area contributed by atoms with Gasteiger partial charge in [-0.2, -0.15) is 0 Å². The monoisotopic (exact) mass is 304 g/mol. The Labute approximate surface area is 93.7 Å². The second-order valence-corrected chi connectivity index (χ2v) is 5.70. The first kappa shape index (κ1) is 9.95. The van der Waals surface area contributed by atoms with Gasteiger partial charge in [-0.05, 0) is 39.9 Å². The van der Waals surface area contributed by atoms with Crippen LogP contribution in [0, 0.1) is 3.56 Å². The Morgan fingerprint density at radius 1 is 1.29 bits per heavy atom. The van der Waals surface area contributed by atoms with Gasteiger partial charge in [-0.25, -0.2) is 9.97 Å². The second-order valence-electron chi connectivity index (χ2n) is 3.32. The third-order valence-corrected chi connectivity index (χ3v) is 4.54. The molecular formula is C9H13IN4. The number of aromatic nitrogens is 2. The van der Waals surface area contributed by atoms with Crippen molar-refractivity contribution < 1.29 is 0 Å². The molecule has 4 nitrogen and oxygen atoms in total. The summed E-state index contributed by atoms with van der Waals surface area (Å²) in [6.07, 6.45) is 5.86. The molecule has 1 aromatic rings. The molecule has 1 N–H and O–H groups in total. The predicted molar refractivity (Wildman–Crippen MR) is 64.0 cm³/mol. The third-order valence-electron chi connectivity index (χ3n) is 2.41. The van der Waals surface area contributed by atoms with Gasteiger partial charge in [-0.3, -0.25) is 3.56 Å².